The Balaban J connectivity index is 2.20. The highest BCUT2D eigenvalue weighted by Crippen LogP contribution is 2.27. The molecule has 1 aliphatic rings. The normalized spacial score (nSPS) is 20.6. The standard InChI is InChI=1S/C11H12O3/c1-13-9-4-2-8(3-5-9)10-6-7-14-11(10)12/h2-5,10H,6-7H2,1H3. The third-order valence-corrected chi connectivity index (χ3v) is 2.45. The lowest BCUT2D eigenvalue weighted by atomic mass is 9.98. The molecule has 3 heteroatoms. The number of rotatable bonds is 2. The van der Waals surface area contributed by atoms with Crippen LogP contribution in [0.4, 0.5) is 0 Å². The van der Waals surface area contributed by atoms with Crippen molar-refractivity contribution in [2.24, 2.45) is 0 Å². The first kappa shape index (κ1) is 9.06. The van der Waals surface area contributed by atoms with Crippen LogP contribution in [0.25, 0.3) is 0 Å². The first-order valence-corrected chi connectivity index (χ1v) is 4.62. The van der Waals surface area contributed by atoms with Gasteiger partial charge in [-0.1, -0.05) is 12.1 Å². The molecule has 0 N–H and O–H groups in total. The van der Waals surface area contributed by atoms with E-state index in [0.717, 1.165) is 17.7 Å². The summed E-state index contributed by atoms with van der Waals surface area (Å²) in [5.41, 5.74) is 1.01. The maximum atomic E-state index is 11.3. The molecule has 0 aliphatic carbocycles. The van der Waals surface area contributed by atoms with Crippen LogP contribution in [0.1, 0.15) is 17.9 Å². The lowest BCUT2D eigenvalue weighted by Gasteiger charge is -2.06. The molecule has 0 bridgehead atoms. The molecule has 1 fully saturated rings. The van der Waals surface area contributed by atoms with Crippen molar-refractivity contribution < 1.29 is 14.3 Å². The van der Waals surface area contributed by atoms with Crippen molar-refractivity contribution in [1.82, 2.24) is 0 Å². The second-order valence-corrected chi connectivity index (χ2v) is 3.28. The Labute approximate surface area is 82.6 Å². The van der Waals surface area contributed by atoms with E-state index in [-0.39, 0.29) is 11.9 Å². The fraction of sp³-hybridized carbons (Fsp3) is 0.364. The van der Waals surface area contributed by atoms with E-state index in [1.807, 2.05) is 24.3 Å². The molecule has 1 heterocycles. The molecule has 1 atom stereocenters. The molecule has 1 saturated heterocycles. The predicted molar refractivity (Wildman–Crippen MR) is 51.3 cm³/mol. The summed E-state index contributed by atoms with van der Waals surface area (Å²) in [5.74, 6) is 0.608. The van der Waals surface area contributed by atoms with Gasteiger partial charge in [0.15, 0.2) is 0 Å². The second-order valence-electron chi connectivity index (χ2n) is 3.28. The van der Waals surface area contributed by atoms with Crippen LogP contribution < -0.4 is 4.74 Å². The quantitative estimate of drug-likeness (QED) is 0.669. The summed E-state index contributed by atoms with van der Waals surface area (Å²) in [6.07, 6.45) is 0.783. The van der Waals surface area contributed by atoms with Gasteiger partial charge < -0.3 is 9.47 Å². The minimum atomic E-state index is -0.116. The number of hydrogen-bond acceptors (Lipinski definition) is 3. The highest BCUT2D eigenvalue weighted by molar-refractivity contribution is 5.79. The largest absolute Gasteiger partial charge is 0.497 e. The Morgan fingerprint density at radius 3 is 2.57 bits per heavy atom. The van der Waals surface area contributed by atoms with Crippen LogP contribution in [-0.2, 0) is 9.53 Å². The molecule has 74 valence electrons. The smallest absolute Gasteiger partial charge is 0.313 e. The Morgan fingerprint density at radius 1 is 1.36 bits per heavy atom. The van der Waals surface area contributed by atoms with Gasteiger partial charge in [0.2, 0.25) is 0 Å². The van der Waals surface area contributed by atoms with E-state index < -0.39 is 0 Å². The average molecular weight is 192 g/mol. The van der Waals surface area contributed by atoms with E-state index in [1.165, 1.54) is 0 Å². The van der Waals surface area contributed by atoms with Gasteiger partial charge in [-0.2, -0.15) is 0 Å². The first-order chi connectivity index (χ1) is 6.81. The Bertz CT molecular complexity index is 329. The summed E-state index contributed by atoms with van der Waals surface area (Å²) < 4.78 is 9.95. The number of benzene rings is 1. The van der Waals surface area contributed by atoms with Crippen molar-refractivity contribution in [2.45, 2.75) is 12.3 Å². The third kappa shape index (κ3) is 1.58. The number of carbonyl (C=O) groups is 1. The van der Waals surface area contributed by atoms with Gasteiger partial charge >= 0.3 is 5.97 Å². The van der Waals surface area contributed by atoms with Crippen LogP contribution in [-0.4, -0.2) is 19.7 Å². The molecule has 0 spiro atoms. The predicted octanol–water partition coefficient (Wildman–Crippen LogP) is 1.73. The average Bonchev–Trinajstić information content (AvgIpc) is 2.65. The molecule has 0 radical (unpaired) electrons. The molecule has 14 heavy (non-hydrogen) atoms. The van der Waals surface area contributed by atoms with Gasteiger partial charge in [0.25, 0.3) is 0 Å². The number of ether oxygens (including phenoxy) is 2. The summed E-state index contributed by atoms with van der Waals surface area (Å²) in [6.45, 7) is 0.537. The number of carbonyl (C=O) groups excluding carboxylic acids is 1. The van der Waals surface area contributed by atoms with E-state index in [9.17, 15) is 4.79 Å². The summed E-state index contributed by atoms with van der Waals surface area (Å²) in [4.78, 5) is 11.3. The zero-order chi connectivity index (χ0) is 9.97. The molecule has 1 unspecified atom stereocenters. The Kier molecular flexibility index (Phi) is 2.39. The van der Waals surface area contributed by atoms with Crippen molar-refractivity contribution in [3.63, 3.8) is 0 Å². The number of cyclic esters (lactones) is 1. The molecule has 1 aliphatic heterocycles. The van der Waals surface area contributed by atoms with Crippen LogP contribution in [0.15, 0.2) is 24.3 Å². The zero-order valence-electron chi connectivity index (χ0n) is 8.03. The van der Waals surface area contributed by atoms with Crippen LogP contribution in [0.2, 0.25) is 0 Å². The fourth-order valence-electron chi connectivity index (χ4n) is 1.63. The van der Waals surface area contributed by atoms with Crippen LogP contribution >= 0.6 is 0 Å². The highest BCUT2D eigenvalue weighted by atomic mass is 16.5. The maximum Gasteiger partial charge on any atom is 0.313 e. The maximum absolute atomic E-state index is 11.3. The fourth-order valence-corrected chi connectivity index (χ4v) is 1.63. The summed E-state index contributed by atoms with van der Waals surface area (Å²) in [6, 6.07) is 7.55. The zero-order valence-corrected chi connectivity index (χ0v) is 8.03. The molecule has 2 rings (SSSR count). The minimum absolute atomic E-state index is 0.0825. The van der Waals surface area contributed by atoms with Crippen molar-refractivity contribution in [1.29, 1.82) is 0 Å². The first-order valence-electron chi connectivity index (χ1n) is 4.62. The van der Waals surface area contributed by atoms with Gasteiger partial charge in [-0.15, -0.1) is 0 Å². The van der Waals surface area contributed by atoms with E-state index >= 15 is 0 Å². The summed E-state index contributed by atoms with van der Waals surface area (Å²) in [7, 11) is 1.62. The van der Waals surface area contributed by atoms with E-state index in [0.29, 0.717) is 6.61 Å². The second kappa shape index (κ2) is 3.70. The van der Waals surface area contributed by atoms with Gasteiger partial charge in [-0.25, -0.2) is 0 Å². The third-order valence-electron chi connectivity index (χ3n) is 2.45. The van der Waals surface area contributed by atoms with Crippen LogP contribution in [0, 0.1) is 0 Å². The summed E-state index contributed by atoms with van der Waals surface area (Å²) >= 11 is 0. The highest BCUT2D eigenvalue weighted by Gasteiger charge is 2.27. The molecule has 0 saturated carbocycles. The van der Waals surface area contributed by atoms with Crippen molar-refractivity contribution in [3.8, 4) is 5.75 Å². The van der Waals surface area contributed by atoms with Crippen LogP contribution in [0.5, 0.6) is 5.75 Å². The van der Waals surface area contributed by atoms with Gasteiger partial charge in [0.05, 0.1) is 19.6 Å². The summed E-state index contributed by atoms with van der Waals surface area (Å²) in [5, 5.41) is 0. The van der Waals surface area contributed by atoms with Crippen LogP contribution in [0.3, 0.4) is 0 Å². The van der Waals surface area contributed by atoms with E-state index in [1.54, 1.807) is 7.11 Å². The molecule has 0 amide bonds. The molecule has 3 nitrogen and oxygen atoms in total. The Hall–Kier alpha value is -1.51. The lowest BCUT2D eigenvalue weighted by Crippen LogP contribution is -2.05. The number of methoxy groups -OCH3 is 1. The Morgan fingerprint density at radius 2 is 2.07 bits per heavy atom. The number of hydrogen-bond donors (Lipinski definition) is 0. The monoisotopic (exact) mass is 192 g/mol. The molecular formula is C11H12O3. The SMILES string of the molecule is COc1ccc(C2CCOC2=O)cc1. The van der Waals surface area contributed by atoms with Crippen molar-refractivity contribution in [2.75, 3.05) is 13.7 Å². The molecule has 0 aromatic heterocycles. The van der Waals surface area contributed by atoms with E-state index in [2.05, 4.69) is 0 Å². The van der Waals surface area contributed by atoms with Gasteiger partial charge in [-0.05, 0) is 24.1 Å². The molecule has 1 aromatic carbocycles. The minimum Gasteiger partial charge on any atom is -0.497 e. The topological polar surface area (TPSA) is 35.5 Å². The number of esters is 1. The van der Waals surface area contributed by atoms with Crippen molar-refractivity contribution >= 4 is 5.97 Å². The lowest BCUT2D eigenvalue weighted by molar-refractivity contribution is -0.139. The molecule has 1 aromatic rings. The van der Waals surface area contributed by atoms with Gasteiger partial charge in [0.1, 0.15) is 5.75 Å². The van der Waals surface area contributed by atoms with Gasteiger partial charge in [0, 0.05) is 0 Å². The molecular weight excluding hydrogens is 180 g/mol. The van der Waals surface area contributed by atoms with Gasteiger partial charge in [-0.3, -0.25) is 4.79 Å². The van der Waals surface area contributed by atoms with E-state index in [4.69, 9.17) is 9.47 Å². The van der Waals surface area contributed by atoms with Crippen molar-refractivity contribution in [3.05, 3.63) is 29.8 Å².